The van der Waals surface area contributed by atoms with Crippen LogP contribution in [0.3, 0.4) is 0 Å². The summed E-state index contributed by atoms with van der Waals surface area (Å²) in [5.41, 5.74) is 0.211. The fourth-order valence-corrected chi connectivity index (χ4v) is 6.04. The number of piperidine rings is 1. The van der Waals surface area contributed by atoms with Gasteiger partial charge in [0.05, 0.1) is 0 Å². The van der Waals surface area contributed by atoms with E-state index in [0.717, 1.165) is 32.2 Å². The molecule has 2 fully saturated rings. The van der Waals surface area contributed by atoms with Gasteiger partial charge in [-0.3, -0.25) is 9.69 Å². The number of rotatable bonds is 14. The van der Waals surface area contributed by atoms with Crippen LogP contribution in [0.1, 0.15) is 131 Å². The molecule has 0 saturated carbocycles. The summed E-state index contributed by atoms with van der Waals surface area (Å²) in [6.07, 6.45) is 19.4. The van der Waals surface area contributed by atoms with Crippen molar-refractivity contribution in [1.29, 1.82) is 0 Å². The zero-order valence-corrected chi connectivity index (χ0v) is 21.4. The molecule has 0 amide bonds. The minimum absolute atomic E-state index is 0.0171. The SMILES string of the molecule is CCCCCCCCCCCCCCC1C(=O)OCCN1C1CC(C)(C)NC(C)(C)C1. The fraction of sp³-hybridized carbons (Fsp3) is 0.963. The lowest BCUT2D eigenvalue weighted by atomic mass is 9.78. The summed E-state index contributed by atoms with van der Waals surface area (Å²) in [6.45, 7) is 12.9. The highest BCUT2D eigenvalue weighted by Gasteiger charge is 2.44. The van der Waals surface area contributed by atoms with Gasteiger partial charge in [0.2, 0.25) is 0 Å². The highest BCUT2D eigenvalue weighted by molar-refractivity contribution is 5.76. The first kappa shape index (κ1) is 26.6. The van der Waals surface area contributed by atoms with Crippen molar-refractivity contribution < 1.29 is 9.53 Å². The van der Waals surface area contributed by atoms with Crippen molar-refractivity contribution in [2.75, 3.05) is 13.2 Å². The number of hydrogen-bond acceptors (Lipinski definition) is 4. The molecule has 1 unspecified atom stereocenters. The number of hydrogen-bond donors (Lipinski definition) is 1. The van der Waals surface area contributed by atoms with E-state index in [2.05, 4.69) is 44.8 Å². The van der Waals surface area contributed by atoms with Gasteiger partial charge in [0, 0.05) is 23.7 Å². The van der Waals surface area contributed by atoms with Crippen molar-refractivity contribution >= 4 is 5.97 Å². The van der Waals surface area contributed by atoms with Crippen molar-refractivity contribution in [1.82, 2.24) is 10.2 Å². The number of carbonyl (C=O) groups excluding carboxylic acids is 1. The Kier molecular flexibility index (Phi) is 11.3. The average molecular weight is 437 g/mol. The Hall–Kier alpha value is -0.610. The Morgan fingerprint density at radius 3 is 1.84 bits per heavy atom. The minimum atomic E-state index is -0.0356. The molecule has 31 heavy (non-hydrogen) atoms. The molecular weight excluding hydrogens is 384 g/mol. The van der Waals surface area contributed by atoms with Gasteiger partial charge in [-0.1, -0.05) is 84.0 Å². The van der Waals surface area contributed by atoms with Crippen molar-refractivity contribution in [2.24, 2.45) is 0 Å². The molecule has 0 spiro atoms. The third-order valence-electron chi connectivity index (χ3n) is 7.23. The average Bonchev–Trinajstić information content (AvgIpc) is 2.67. The van der Waals surface area contributed by atoms with Gasteiger partial charge >= 0.3 is 5.97 Å². The van der Waals surface area contributed by atoms with E-state index in [-0.39, 0.29) is 23.1 Å². The molecule has 1 atom stereocenters. The molecule has 2 aliphatic heterocycles. The molecule has 0 aromatic carbocycles. The van der Waals surface area contributed by atoms with Gasteiger partial charge in [0.1, 0.15) is 12.6 Å². The lowest BCUT2D eigenvalue weighted by Crippen LogP contribution is -2.65. The second-order valence-corrected chi connectivity index (χ2v) is 11.6. The first-order valence-electron chi connectivity index (χ1n) is 13.5. The summed E-state index contributed by atoms with van der Waals surface area (Å²) in [4.78, 5) is 15.1. The highest BCUT2D eigenvalue weighted by atomic mass is 16.5. The van der Waals surface area contributed by atoms with E-state index in [1.807, 2.05) is 0 Å². The summed E-state index contributed by atoms with van der Waals surface area (Å²) in [6, 6.07) is 0.424. The maximum Gasteiger partial charge on any atom is 0.323 e. The molecule has 1 N–H and O–H groups in total. The molecule has 2 saturated heterocycles. The van der Waals surface area contributed by atoms with Crippen LogP contribution in [0.2, 0.25) is 0 Å². The number of nitrogens with zero attached hydrogens (tertiary/aromatic N) is 1. The Bertz CT molecular complexity index is 501. The summed E-state index contributed by atoms with van der Waals surface area (Å²) in [5, 5.41) is 3.78. The van der Waals surface area contributed by atoms with Crippen molar-refractivity contribution in [3.05, 3.63) is 0 Å². The number of morpholine rings is 1. The Morgan fingerprint density at radius 1 is 0.839 bits per heavy atom. The summed E-state index contributed by atoms with van der Waals surface area (Å²) in [5.74, 6) is 0.0171. The standard InChI is InChI=1S/C27H52N2O2/c1-6-7-8-9-10-11-12-13-14-15-16-17-18-24-25(30)31-20-19-29(24)23-21-26(2,3)28-27(4,5)22-23/h23-24,28H,6-22H2,1-5H3. The summed E-state index contributed by atoms with van der Waals surface area (Å²) >= 11 is 0. The van der Waals surface area contributed by atoms with Crippen LogP contribution in [0.4, 0.5) is 0 Å². The van der Waals surface area contributed by atoms with E-state index < -0.39 is 0 Å². The number of esters is 1. The van der Waals surface area contributed by atoms with Gasteiger partial charge in [-0.2, -0.15) is 0 Å². The van der Waals surface area contributed by atoms with E-state index in [1.165, 1.54) is 70.6 Å². The van der Waals surface area contributed by atoms with Crippen molar-refractivity contribution in [3.63, 3.8) is 0 Å². The number of nitrogens with one attached hydrogen (secondary N) is 1. The molecule has 2 rings (SSSR count). The summed E-state index contributed by atoms with van der Waals surface area (Å²) < 4.78 is 5.48. The normalized spacial score (nSPS) is 24.3. The van der Waals surface area contributed by atoms with Crippen LogP contribution in [0.5, 0.6) is 0 Å². The topological polar surface area (TPSA) is 41.6 Å². The van der Waals surface area contributed by atoms with Crippen LogP contribution in [-0.2, 0) is 9.53 Å². The molecular formula is C27H52N2O2. The Labute approximate surface area is 193 Å². The predicted molar refractivity (Wildman–Crippen MR) is 131 cm³/mol. The van der Waals surface area contributed by atoms with Gasteiger partial charge in [0.15, 0.2) is 0 Å². The van der Waals surface area contributed by atoms with Crippen molar-refractivity contribution in [3.8, 4) is 0 Å². The van der Waals surface area contributed by atoms with Crippen LogP contribution >= 0.6 is 0 Å². The van der Waals surface area contributed by atoms with E-state index in [0.29, 0.717) is 12.6 Å². The van der Waals surface area contributed by atoms with Gasteiger partial charge in [-0.25, -0.2) is 0 Å². The fourth-order valence-electron chi connectivity index (χ4n) is 6.04. The third kappa shape index (κ3) is 9.82. The van der Waals surface area contributed by atoms with E-state index in [9.17, 15) is 4.79 Å². The largest absolute Gasteiger partial charge is 0.463 e. The van der Waals surface area contributed by atoms with Crippen LogP contribution < -0.4 is 5.32 Å². The second kappa shape index (κ2) is 13.2. The van der Waals surface area contributed by atoms with Gasteiger partial charge in [-0.05, 0) is 47.0 Å². The summed E-state index contributed by atoms with van der Waals surface area (Å²) in [7, 11) is 0. The van der Waals surface area contributed by atoms with Crippen LogP contribution in [-0.4, -0.2) is 47.2 Å². The third-order valence-corrected chi connectivity index (χ3v) is 7.23. The lowest BCUT2D eigenvalue weighted by Gasteiger charge is -2.51. The zero-order valence-electron chi connectivity index (χ0n) is 21.4. The van der Waals surface area contributed by atoms with E-state index >= 15 is 0 Å². The molecule has 0 aromatic rings. The number of carbonyl (C=O) groups is 1. The van der Waals surface area contributed by atoms with Gasteiger partial charge in [-0.15, -0.1) is 0 Å². The van der Waals surface area contributed by atoms with Crippen LogP contribution in [0, 0.1) is 0 Å². The van der Waals surface area contributed by atoms with Crippen LogP contribution in [0.25, 0.3) is 0 Å². The molecule has 2 aliphatic rings. The smallest absolute Gasteiger partial charge is 0.323 e. The number of cyclic esters (lactones) is 1. The predicted octanol–water partition coefficient (Wildman–Crippen LogP) is 6.61. The van der Waals surface area contributed by atoms with Crippen LogP contribution in [0.15, 0.2) is 0 Å². The molecule has 0 bridgehead atoms. The first-order chi connectivity index (χ1) is 14.7. The van der Waals surface area contributed by atoms with E-state index in [4.69, 9.17) is 4.74 Å². The molecule has 182 valence electrons. The monoisotopic (exact) mass is 436 g/mol. The van der Waals surface area contributed by atoms with Gasteiger partial charge in [0.25, 0.3) is 0 Å². The first-order valence-corrected chi connectivity index (χ1v) is 13.5. The molecule has 0 aromatic heterocycles. The zero-order chi connectivity index (χ0) is 22.7. The minimum Gasteiger partial charge on any atom is -0.463 e. The van der Waals surface area contributed by atoms with Crippen molar-refractivity contribution in [2.45, 2.75) is 154 Å². The Balaban J connectivity index is 1.67. The molecule has 2 heterocycles. The highest BCUT2D eigenvalue weighted by Crippen LogP contribution is 2.34. The lowest BCUT2D eigenvalue weighted by molar-refractivity contribution is -0.161. The Morgan fingerprint density at radius 2 is 1.32 bits per heavy atom. The second-order valence-electron chi connectivity index (χ2n) is 11.6. The number of unbranched alkanes of at least 4 members (excludes halogenated alkanes) is 11. The van der Waals surface area contributed by atoms with E-state index in [1.54, 1.807) is 0 Å². The molecule has 4 nitrogen and oxygen atoms in total. The molecule has 4 heteroatoms. The van der Waals surface area contributed by atoms with Gasteiger partial charge < -0.3 is 10.1 Å². The molecule has 0 aliphatic carbocycles. The number of ether oxygens (including phenoxy) is 1. The molecule has 0 radical (unpaired) electrons. The maximum atomic E-state index is 12.6. The quantitative estimate of drug-likeness (QED) is 0.245. The maximum absolute atomic E-state index is 12.6.